The molecule has 0 aliphatic rings. The Kier molecular flexibility index (Phi) is 5.26. The number of urea groups is 1. The lowest BCUT2D eigenvalue weighted by molar-refractivity contribution is 0.218. The normalized spacial score (nSPS) is 12.5. The van der Waals surface area contributed by atoms with E-state index in [-0.39, 0.29) is 17.5 Å². The van der Waals surface area contributed by atoms with Gasteiger partial charge in [-0.1, -0.05) is 32.9 Å². The van der Waals surface area contributed by atoms with Crippen molar-refractivity contribution in [1.82, 2.24) is 14.9 Å². The number of imidazole rings is 1. The van der Waals surface area contributed by atoms with Crippen molar-refractivity contribution < 1.29 is 9.53 Å². The number of hydrogen-bond donors (Lipinski definition) is 2. The van der Waals surface area contributed by atoms with E-state index < -0.39 is 0 Å². The van der Waals surface area contributed by atoms with Crippen molar-refractivity contribution in [2.75, 3.05) is 12.4 Å². The number of methoxy groups -OCH3 is 1. The van der Waals surface area contributed by atoms with E-state index in [9.17, 15) is 4.79 Å². The van der Waals surface area contributed by atoms with Gasteiger partial charge in [0.2, 0.25) is 0 Å². The van der Waals surface area contributed by atoms with Crippen LogP contribution in [0.1, 0.15) is 20.8 Å². The van der Waals surface area contributed by atoms with Gasteiger partial charge in [-0.05, 0) is 17.5 Å². The van der Waals surface area contributed by atoms with Crippen molar-refractivity contribution in [1.29, 1.82) is 0 Å². The van der Waals surface area contributed by atoms with Gasteiger partial charge >= 0.3 is 6.03 Å². The van der Waals surface area contributed by atoms with Gasteiger partial charge in [-0.25, -0.2) is 9.78 Å². The molecule has 0 spiro atoms. The topological polar surface area (TPSA) is 68.2 Å². The van der Waals surface area contributed by atoms with E-state index in [0.717, 1.165) is 0 Å². The number of nitrogens with one attached hydrogen (secondary N) is 2. The Morgan fingerprint density at radius 1 is 1.35 bits per heavy atom. The molecule has 1 atom stereocenters. The number of carbonyl (C=O) groups excluding carboxylic acids is 1. The number of rotatable bonds is 5. The summed E-state index contributed by atoms with van der Waals surface area (Å²) in [6.07, 6.45) is 5.37. The molecule has 2 amide bonds. The molecule has 0 bridgehead atoms. The average molecular weight is 316 g/mol. The molecule has 0 aliphatic carbocycles. The van der Waals surface area contributed by atoms with Crippen molar-refractivity contribution >= 4 is 11.7 Å². The van der Waals surface area contributed by atoms with Gasteiger partial charge < -0.3 is 19.9 Å². The fraction of sp³-hybridized carbons (Fsp3) is 0.412. The van der Waals surface area contributed by atoms with Gasteiger partial charge in [0.1, 0.15) is 5.75 Å². The van der Waals surface area contributed by atoms with Crippen LogP contribution in [0.4, 0.5) is 10.5 Å². The molecule has 0 saturated carbocycles. The summed E-state index contributed by atoms with van der Waals surface area (Å²) < 4.78 is 7.21. The minimum atomic E-state index is -0.255. The smallest absolute Gasteiger partial charge is 0.319 e. The number of ether oxygens (including phenoxy) is 1. The molecule has 1 heterocycles. The van der Waals surface area contributed by atoms with Crippen LogP contribution in [0.15, 0.2) is 43.0 Å². The van der Waals surface area contributed by atoms with Crippen LogP contribution >= 0.6 is 0 Å². The fourth-order valence-electron chi connectivity index (χ4n) is 2.21. The van der Waals surface area contributed by atoms with Gasteiger partial charge in [0.25, 0.3) is 0 Å². The predicted molar refractivity (Wildman–Crippen MR) is 90.6 cm³/mol. The van der Waals surface area contributed by atoms with Crippen molar-refractivity contribution in [3.8, 4) is 5.75 Å². The molecule has 0 saturated heterocycles. The van der Waals surface area contributed by atoms with Gasteiger partial charge in [0.15, 0.2) is 0 Å². The zero-order valence-corrected chi connectivity index (χ0v) is 14.0. The van der Waals surface area contributed by atoms with Crippen LogP contribution in [-0.2, 0) is 6.54 Å². The van der Waals surface area contributed by atoms with Crippen molar-refractivity contribution in [3.05, 3.63) is 43.0 Å². The summed E-state index contributed by atoms with van der Waals surface area (Å²) in [6.45, 7) is 6.94. The lowest BCUT2D eigenvalue weighted by atomic mass is 9.86. The largest absolute Gasteiger partial charge is 0.495 e. The van der Waals surface area contributed by atoms with Gasteiger partial charge in [-0.2, -0.15) is 0 Å². The molecule has 1 aromatic carbocycles. The number of aromatic nitrogens is 2. The number of para-hydroxylation sites is 2. The third-order valence-corrected chi connectivity index (χ3v) is 3.66. The SMILES string of the molecule is COc1ccccc1NC(=O)N[C@H](Cn1ccnc1)C(C)(C)C. The van der Waals surface area contributed by atoms with Gasteiger partial charge in [0, 0.05) is 18.9 Å². The maximum atomic E-state index is 12.4. The molecule has 1 aromatic heterocycles. The van der Waals surface area contributed by atoms with Crippen LogP contribution in [0.3, 0.4) is 0 Å². The second kappa shape index (κ2) is 7.17. The predicted octanol–water partition coefficient (Wildman–Crippen LogP) is 3.13. The Labute approximate surface area is 136 Å². The number of amides is 2. The molecular weight excluding hydrogens is 292 g/mol. The third-order valence-electron chi connectivity index (χ3n) is 3.66. The minimum Gasteiger partial charge on any atom is -0.495 e. The van der Waals surface area contributed by atoms with Crippen molar-refractivity contribution in [2.45, 2.75) is 33.4 Å². The molecule has 124 valence electrons. The quantitative estimate of drug-likeness (QED) is 0.890. The van der Waals surface area contributed by atoms with Crippen LogP contribution in [0, 0.1) is 5.41 Å². The van der Waals surface area contributed by atoms with Gasteiger partial charge in [-0.15, -0.1) is 0 Å². The monoisotopic (exact) mass is 316 g/mol. The molecule has 2 aromatic rings. The zero-order valence-electron chi connectivity index (χ0n) is 14.0. The highest BCUT2D eigenvalue weighted by Crippen LogP contribution is 2.24. The number of hydrogen-bond acceptors (Lipinski definition) is 3. The zero-order chi connectivity index (χ0) is 16.9. The molecule has 23 heavy (non-hydrogen) atoms. The third kappa shape index (κ3) is 4.74. The standard InChI is InChI=1S/C17H24N4O2/c1-17(2,3)15(11-21-10-9-18-12-21)20-16(22)19-13-7-5-6-8-14(13)23-4/h5-10,12,15H,11H2,1-4H3,(H2,19,20,22)/t15-/m1/s1. The highest BCUT2D eigenvalue weighted by Gasteiger charge is 2.26. The summed E-state index contributed by atoms with van der Waals surface area (Å²) in [7, 11) is 1.58. The fourth-order valence-corrected chi connectivity index (χ4v) is 2.21. The second-order valence-corrected chi connectivity index (χ2v) is 6.48. The van der Waals surface area contributed by atoms with Gasteiger partial charge in [-0.3, -0.25) is 0 Å². The highest BCUT2D eigenvalue weighted by molar-refractivity contribution is 5.91. The number of benzene rings is 1. The summed E-state index contributed by atoms with van der Waals surface area (Å²) in [5.41, 5.74) is 0.547. The lowest BCUT2D eigenvalue weighted by Crippen LogP contribution is -2.47. The van der Waals surface area contributed by atoms with E-state index in [4.69, 9.17) is 4.74 Å². The summed E-state index contributed by atoms with van der Waals surface area (Å²) in [5.74, 6) is 0.629. The number of anilines is 1. The summed E-state index contributed by atoms with van der Waals surface area (Å²) in [6, 6.07) is 7.02. The Morgan fingerprint density at radius 2 is 2.09 bits per heavy atom. The molecule has 0 radical (unpaired) electrons. The lowest BCUT2D eigenvalue weighted by Gasteiger charge is -2.31. The summed E-state index contributed by atoms with van der Waals surface area (Å²) in [5, 5.41) is 5.88. The molecule has 6 heteroatoms. The van der Waals surface area contributed by atoms with Crippen LogP contribution in [-0.4, -0.2) is 28.7 Å². The van der Waals surface area contributed by atoms with E-state index in [1.807, 2.05) is 29.0 Å². The Hall–Kier alpha value is -2.50. The Balaban J connectivity index is 2.05. The number of carbonyl (C=O) groups is 1. The maximum Gasteiger partial charge on any atom is 0.319 e. The first-order valence-corrected chi connectivity index (χ1v) is 7.56. The van der Waals surface area contributed by atoms with E-state index in [2.05, 4.69) is 36.4 Å². The molecule has 0 fully saturated rings. The molecular formula is C17H24N4O2. The Morgan fingerprint density at radius 3 is 2.70 bits per heavy atom. The first kappa shape index (κ1) is 16.9. The van der Waals surface area contributed by atoms with E-state index in [1.54, 1.807) is 25.7 Å². The van der Waals surface area contributed by atoms with Crippen molar-refractivity contribution in [2.24, 2.45) is 5.41 Å². The first-order valence-electron chi connectivity index (χ1n) is 7.56. The van der Waals surface area contributed by atoms with E-state index in [1.165, 1.54) is 0 Å². The first-order chi connectivity index (χ1) is 10.9. The second-order valence-electron chi connectivity index (χ2n) is 6.48. The van der Waals surface area contributed by atoms with Crippen LogP contribution in [0.2, 0.25) is 0 Å². The van der Waals surface area contributed by atoms with E-state index >= 15 is 0 Å². The van der Waals surface area contributed by atoms with Crippen LogP contribution < -0.4 is 15.4 Å². The molecule has 6 nitrogen and oxygen atoms in total. The Bertz CT molecular complexity index is 632. The van der Waals surface area contributed by atoms with Crippen LogP contribution in [0.25, 0.3) is 0 Å². The number of nitrogens with zero attached hydrogens (tertiary/aromatic N) is 2. The molecule has 0 unspecified atom stereocenters. The highest BCUT2D eigenvalue weighted by atomic mass is 16.5. The van der Waals surface area contributed by atoms with Gasteiger partial charge in [0.05, 0.1) is 25.2 Å². The molecule has 0 aliphatic heterocycles. The average Bonchev–Trinajstić information content (AvgIpc) is 2.99. The minimum absolute atomic E-state index is 0.0496. The maximum absolute atomic E-state index is 12.4. The van der Waals surface area contributed by atoms with Crippen LogP contribution in [0.5, 0.6) is 5.75 Å². The van der Waals surface area contributed by atoms with E-state index in [0.29, 0.717) is 18.0 Å². The summed E-state index contributed by atoms with van der Waals surface area (Å²) in [4.78, 5) is 16.4. The molecule has 2 rings (SSSR count). The summed E-state index contributed by atoms with van der Waals surface area (Å²) >= 11 is 0. The molecule has 2 N–H and O–H groups in total. The van der Waals surface area contributed by atoms with Crippen molar-refractivity contribution in [3.63, 3.8) is 0 Å².